The number of rotatable bonds is 5. The van der Waals surface area contributed by atoms with Crippen molar-refractivity contribution in [3.8, 4) is 0 Å². The van der Waals surface area contributed by atoms with Crippen molar-refractivity contribution >= 4 is 17.2 Å². The highest BCUT2D eigenvalue weighted by atomic mass is 32.1. The molecule has 2 aromatic rings. The number of aryl methyl sites for hydroxylation is 2. The van der Waals surface area contributed by atoms with Crippen LogP contribution in [0.25, 0.3) is 0 Å². The molecule has 0 aromatic carbocycles. The van der Waals surface area contributed by atoms with Crippen LogP contribution in [0.1, 0.15) is 17.7 Å². The number of hydrogen-bond acceptors (Lipinski definition) is 5. The molecule has 0 spiro atoms. The Balaban J connectivity index is 1.41. The summed E-state index contributed by atoms with van der Waals surface area (Å²) in [6, 6.07) is 0. The fourth-order valence-electron chi connectivity index (χ4n) is 2.71. The molecule has 3 rings (SSSR count). The van der Waals surface area contributed by atoms with E-state index in [1.807, 2.05) is 29.9 Å². The van der Waals surface area contributed by atoms with Gasteiger partial charge in [0.15, 0.2) is 0 Å². The number of hydrogen-bond donors (Lipinski definition) is 0. The number of amides is 1. The lowest BCUT2D eigenvalue weighted by atomic mass is 10.1. The Bertz CT molecular complexity index is 601. The van der Waals surface area contributed by atoms with Crippen molar-refractivity contribution in [3.05, 3.63) is 34.5 Å². The Kier molecular flexibility index (Phi) is 4.84. The average molecular weight is 319 g/mol. The lowest BCUT2D eigenvalue weighted by Gasteiger charge is -2.34. The molecular weight excluding hydrogens is 298 g/mol. The van der Waals surface area contributed by atoms with Gasteiger partial charge in [0.1, 0.15) is 0 Å². The van der Waals surface area contributed by atoms with Gasteiger partial charge in [0, 0.05) is 57.8 Å². The topological polar surface area (TPSA) is 54.3 Å². The first kappa shape index (κ1) is 15.2. The summed E-state index contributed by atoms with van der Waals surface area (Å²) in [5, 5.41) is 6.22. The van der Waals surface area contributed by atoms with Crippen molar-refractivity contribution < 1.29 is 4.79 Å². The fourth-order valence-corrected chi connectivity index (χ4v) is 3.26. The smallest absolute Gasteiger partial charge is 0.222 e. The molecule has 3 heterocycles. The van der Waals surface area contributed by atoms with E-state index in [4.69, 9.17) is 0 Å². The van der Waals surface area contributed by atoms with Gasteiger partial charge in [0.2, 0.25) is 5.91 Å². The van der Waals surface area contributed by atoms with Gasteiger partial charge in [-0.25, -0.2) is 4.98 Å². The van der Waals surface area contributed by atoms with Crippen LogP contribution in [-0.4, -0.2) is 56.7 Å². The third kappa shape index (κ3) is 3.92. The zero-order valence-corrected chi connectivity index (χ0v) is 13.6. The number of carbonyl (C=O) groups is 1. The maximum absolute atomic E-state index is 12.3. The van der Waals surface area contributed by atoms with Gasteiger partial charge in [-0.1, -0.05) is 0 Å². The molecule has 7 heteroatoms. The lowest BCUT2D eigenvalue weighted by Crippen LogP contribution is -2.48. The van der Waals surface area contributed by atoms with Crippen molar-refractivity contribution in [1.82, 2.24) is 24.6 Å². The van der Waals surface area contributed by atoms with Gasteiger partial charge in [-0.3, -0.25) is 14.4 Å². The monoisotopic (exact) mass is 319 g/mol. The Morgan fingerprint density at radius 3 is 2.77 bits per heavy atom. The minimum atomic E-state index is 0.247. The Labute approximate surface area is 134 Å². The van der Waals surface area contributed by atoms with Crippen LogP contribution < -0.4 is 0 Å². The molecule has 0 bridgehead atoms. The number of carbonyl (C=O) groups excluding carboxylic acids is 1. The number of piperazine rings is 1. The predicted molar refractivity (Wildman–Crippen MR) is 85.5 cm³/mol. The van der Waals surface area contributed by atoms with Crippen molar-refractivity contribution in [2.75, 3.05) is 26.2 Å². The van der Waals surface area contributed by atoms with E-state index in [9.17, 15) is 4.79 Å². The average Bonchev–Trinajstić information content (AvgIpc) is 3.17. The second kappa shape index (κ2) is 7.02. The predicted octanol–water partition coefficient (Wildman–Crippen LogP) is 1.15. The van der Waals surface area contributed by atoms with Crippen LogP contribution in [0, 0.1) is 0 Å². The first-order valence-corrected chi connectivity index (χ1v) is 8.50. The summed E-state index contributed by atoms with van der Waals surface area (Å²) in [6.07, 6.45) is 5.14. The molecule has 2 aromatic heterocycles. The molecule has 0 N–H and O–H groups in total. The minimum absolute atomic E-state index is 0.247. The second-order valence-corrected chi connectivity index (χ2v) is 6.38. The van der Waals surface area contributed by atoms with E-state index >= 15 is 0 Å². The van der Waals surface area contributed by atoms with E-state index in [-0.39, 0.29) is 5.91 Å². The number of nitrogens with zero attached hydrogens (tertiary/aromatic N) is 5. The molecule has 0 radical (unpaired) electrons. The van der Waals surface area contributed by atoms with Crippen molar-refractivity contribution in [1.29, 1.82) is 0 Å². The van der Waals surface area contributed by atoms with Crippen LogP contribution in [-0.2, 0) is 24.8 Å². The maximum Gasteiger partial charge on any atom is 0.222 e. The quantitative estimate of drug-likeness (QED) is 0.830. The van der Waals surface area contributed by atoms with Crippen LogP contribution >= 0.6 is 11.3 Å². The van der Waals surface area contributed by atoms with E-state index in [0.29, 0.717) is 6.42 Å². The molecule has 1 amide bonds. The highest BCUT2D eigenvalue weighted by molar-refractivity contribution is 7.07. The minimum Gasteiger partial charge on any atom is -0.340 e. The molecule has 0 aliphatic carbocycles. The van der Waals surface area contributed by atoms with Crippen LogP contribution in [0.15, 0.2) is 23.3 Å². The van der Waals surface area contributed by atoms with Crippen molar-refractivity contribution in [2.24, 2.45) is 7.05 Å². The standard InChI is InChI=1S/C15H21N5OS/c1-18-9-13(8-17-18)2-3-15(21)20-6-4-19(5-7-20)10-14-11-22-12-16-14/h8-9,11-12H,2-7,10H2,1H3. The molecule has 1 aliphatic rings. The molecule has 118 valence electrons. The lowest BCUT2D eigenvalue weighted by molar-refractivity contribution is -0.133. The normalized spacial score (nSPS) is 16.1. The summed E-state index contributed by atoms with van der Waals surface area (Å²) in [5.74, 6) is 0.247. The SMILES string of the molecule is Cn1cc(CCC(=O)N2CCN(Cc3cscn3)CC2)cn1. The van der Waals surface area contributed by atoms with E-state index in [2.05, 4.69) is 20.4 Å². The van der Waals surface area contributed by atoms with Crippen LogP contribution in [0.3, 0.4) is 0 Å². The summed E-state index contributed by atoms with van der Waals surface area (Å²) in [7, 11) is 1.90. The fraction of sp³-hybridized carbons (Fsp3) is 0.533. The Morgan fingerprint density at radius 2 is 2.14 bits per heavy atom. The highest BCUT2D eigenvalue weighted by Gasteiger charge is 2.21. The van der Waals surface area contributed by atoms with Gasteiger partial charge in [-0.05, 0) is 12.0 Å². The molecule has 0 unspecified atom stereocenters. The van der Waals surface area contributed by atoms with Gasteiger partial charge < -0.3 is 4.90 Å². The van der Waals surface area contributed by atoms with Gasteiger partial charge in [0.05, 0.1) is 17.4 Å². The van der Waals surface area contributed by atoms with Crippen LogP contribution in [0.2, 0.25) is 0 Å². The summed E-state index contributed by atoms with van der Waals surface area (Å²) in [4.78, 5) is 20.9. The van der Waals surface area contributed by atoms with E-state index in [0.717, 1.165) is 50.4 Å². The zero-order valence-electron chi connectivity index (χ0n) is 12.8. The molecule has 1 fully saturated rings. The number of aromatic nitrogens is 3. The first-order chi connectivity index (χ1) is 10.7. The molecular formula is C15H21N5OS. The van der Waals surface area contributed by atoms with Gasteiger partial charge >= 0.3 is 0 Å². The first-order valence-electron chi connectivity index (χ1n) is 7.55. The summed E-state index contributed by atoms with van der Waals surface area (Å²) >= 11 is 1.63. The third-order valence-electron chi connectivity index (χ3n) is 3.98. The Morgan fingerprint density at radius 1 is 1.32 bits per heavy atom. The molecule has 1 aliphatic heterocycles. The zero-order chi connectivity index (χ0) is 15.4. The number of thiazole rings is 1. The van der Waals surface area contributed by atoms with Crippen molar-refractivity contribution in [3.63, 3.8) is 0 Å². The maximum atomic E-state index is 12.3. The molecule has 22 heavy (non-hydrogen) atoms. The van der Waals surface area contributed by atoms with E-state index in [1.54, 1.807) is 16.0 Å². The van der Waals surface area contributed by atoms with Gasteiger partial charge in [-0.15, -0.1) is 11.3 Å². The summed E-state index contributed by atoms with van der Waals surface area (Å²) in [5.41, 5.74) is 4.12. The molecule has 6 nitrogen and oxygen atoms in total. The Hall–Kier alpha value is -1.73. The van der Waals surface area contributed by atoms with Crippen molar-refractivity contribution in [2.45, 2.75) is 19.4 Å². The second-order valence-electron chi connectivity index (χ2n) is 5.66. The summed E-state index contributed by atoms with van der Waals surface area (Å²) in [6.45, 7) is 4.37. The van der Waals surface area contributed by atoms with Gasteiger partial charge in [0.25, 0.3) is 0 Å². The van der Waals surface area contributed by atoms with Crippen LogP contribution in [0.4, 0.5) is 0 Å². The van der Waals surface area contributed by atoms with Gasteiger partial charge in [-0.2, -0.15) is 5.10 Å². The molecule has 0 atom stereocenters. The van der Waals surface area contributed by atoms with E-state index < -0.39 is 0 Å². The van der Waals surface area contributed by atoms with E-state index in [1.165, 1.54) is 0 Å². The molecule has 1 saturated heterocycles. The third-order valence-corrected chi connectivity index (χ3v) is 4.62. The largest absolute Gasteiger partial charge is 0.340 e. The molecule has 0 saturated carbocycles. The highest BCUT2D eigenvalue weighted by Crippen LogP contribution is 2.11. The van der Waals surface area contributed by atoms with Crippen LogP contribution in [0.5, 0.6) is 0 Å². The summed E-state index contributed by atoms with van der Waals surface area (Å²) < 4.78 is 1.77.